The van der Waals surface area contributed by atoms with Crippen LogP contribution in [0.4, 0.5) is 5.82 Å². The van der Waals surface area contributed by atoms with E-state index < -0.39 is 38.6 Å². The number of rotatable bonds is 4. The number of nitrogen functional groups attached to an aromatic ring is 1. The lowest BCUT2D eigenvalue weighted by Gasteiger charge is -2.18. The molecule has 0 spiro atoms. The molecule has 5 N–H and O–H groups in total. The van der Waals surface area contributed by atoms with Crippen LogP contribution in [0.3, 0.4) is 0 Å². The highest BCUT2D eigenvalue weighted by atomic mass is 31.2. The second kappa shape index (κ2) is 5.84. The average Bonchev–Trinajstić information content (AvgIpc) is 2.72. The van der Waals surface area contributed by atoms with Crippen LogP contribution in [0.1, 0.15) is 18.2 Å². The minimum absolute atomic E-state index is 0.0700. The summed E-state index contributed by atoms with van der Waals surface area (Å²) in [6, 6.07) is 0. The number of phosphoric acid groups is 1. The van der Waals surface area contributed by atoms with Gasteiger partial charge in [0.15, 0.2) is 6.23 Å². The van der Waals surface area contributed by atoms with Crippen LogP contribution in [0.25, 0.3) is 0 Å². The molecule has 21 heavy (non-hydrogen) atoms. The SMILES string of the molecule is Cc1cn([C@@H]2O[C@H](COP(=O)(O)O)C[C@H]2O)c(=O)nc1N. The summed E-state index contributed by atoms with van der Waals surface area (Å²) in [5, 5.41) is 9.93. The van der Waals surface area contributed by atoms with Gasteiger partial charge in [-0.15, -0.1) is 0 Å². The summed E-state index contributed by atoms with van der Waals surface area (Å²) in [4.78, 5) is 32.6. The third-order valence-corrected chi connectivity index (χ3v) is 3.53. The fraction of sp³-hybridized carbons (Fsp3) is 0.600. The van der Waals surface area contributed by atoms with Crippen LogP contribution in [0.2, 0.25) is 0 Å². The first kappa shape index (κ1) is 16.1. The number of ether oxygens (including phenoxy) is 1. The van der Waals surface area contributed by atoms with Crippen molar-refractivity contribution >= 4 is 13.6 Å². The number of nitrogens with two attached hydrogens (primary N) is 1. The van der Waals surface area contributed by atoms with Crippen LogP contribution < -0.4 is 11.4 Å². The number of phosphoric ester groups is 1. The lowest BCUT2D eigenvalue weighted by atomic mass is 10.2. The van der Waals surface area contributed by atoms with Crippen LogP contribution in [-0.4, -0.2) is 43.3 Å². The highest BCUT2D eigenvalue weighted by Crippen LogP contribution is 2.38. The lowest BCUT2D eigenvalue weighted by Crippen LogP contribution is -2.32. The second-order valence-electron chi connectivity index (χ2n) is 4.74. The zero-order valence-corrected chi connectivity index (χ0v) is 12.0. The maximum Gasteiger partial charge on any atom is 0.469 e. The fourth-order valence-corrected chi connectivity index (χ4v) is 2.39. The van der Waals surface area contributed by atoms with E-state index in [-0.39, 0.29) is 12.2 Å². The van der Waals surface area contributed by atoms with Gasteiger partial charge in [0.2, 0.25) is 0 Å². The highest BCUT2D eigenvalue weighted by molar-refractivity contribution is 7.46. The van der Waals surface area contributed by atoms with Crippen molar-refractivity contribution in [2.45, 2.75) is 31.8 Å². The molecule has 0 radical (unpaired) electrons. The van der Waals surface area contributed by atoms with Crippen LogP contribution in [0.5, 0.6) is 0 Å². The Morgan fingerprint density at radius 1 is 1.62 bits per heavy atom. The molecule has 3 atom stereocenters. The zero-order chi connectivity index (χ0) is 15.8. The van der Waals surface area contributed by atoms with Crippen molar-refractivity contribution in [3.63, 3.8) is 0 Å². The molecular weight excluding hydrogens is 305 g/mol. The molecule has 2 rings (SSSR count). The second-order valence-corrected chi connectivity index (χ2v) is 5.98. The van der Waals surface area contributed by atoms with Gasteiger partial charge in [0, 0.05) is 18.2 Å². The number of hydrogen-bond donors (Lipinski definition) is 4. The molecule has 1 aliphatic heterocycles. The first-order valence-corrected chi connectivity index (χ1v) is 7.59. The summed E-state index contributed by atoms with van der Waals surface area (Å²) in [6.45, 7) is 1.25. The van der Waals surface area contributed by atoms with Crippen LogP contribution >= 0.6 is 7.82 Å². The number of aliphatic hydroxyl groups excluding tert-OH is 1. The van der Waals surface area contributed by atoms with Gasteiger partial charge in [-0.2, -0.15) is 4.98 Å². The Kier molecular flexibility index (Phi) is 4.47. The maximum atomic E-state index is 11.8. The highest BCUT2D eigenvalue weighted by Gasteiger charge is 2.37. The van der Waals surface area contributed by atoms with Gasteiger partial charge < -0.3 is 25.4 Å². The van der Waals surface area contributed by atoms with Crippen molar-refractivity contribution in [2.75, 3.05) is 12.3 Å². The van der Waals surface area contributed by atoms with Crippen molar-refractivity contribution in [3.05, 3.63) is 22.2 Å². The van der Waals surface area contributed by atoms with Gasteiger partial charge in [0.25, 0.3) is 0 Å². The van der Waals surface area contributed by atoms with Gasteiger partial charge in [-0.1, -0.05) is 0 Å². The normalized spacial score (nSPS) is 26.2. The van der Waals surface area contributed by atoms with Crippen molar-refractivity contribution in [3.8, 4) is 0 Å². The molecule has 0 aliphatic carbocycles. The molecule has 1 aromatic rings. The Bertz CT molecular complexity index is 628. The predicted octanol–water partition coefficient (Wildman–Crippen LogP) is -1.11. The van der Waals surface area contributed by atoms with Gasteiger partial charge in [-0.3, -0.25) is 9.09 Å². The lowest BCUT2D eigenvalue weighted by molar-refractivity contribution is -0.0524. The van der Waals surface area contributed by atoms with E-state index in [0.29, 0.717) is 5.56 Å². The Morgan fingerprint density at radius 2 is 2.29 bits per heavy atom. The number of aryl methyl sites for hydroxylation is 1. The number of anilines is 1. The van der Waals surface area contributed by atoms with Crippen molar-refractivity contribution in [2.24, 2.45) is 0 Å². The van der Waals surface area contributed by atoms with E-state index in [1.165, 1.54) is 6.20 Å². The Morgan fingerprint density at radius 3 is 2.90 bits per heavy atom. The molecule has 1 saturated heterocycles. The van der Waals surface area contributed by atoms with E-state index in [4.69, 9.17) is 20.3 Å². The molecule has 1 aromatic heterocycles. The largest absolute Gasteiger partial charge is 0.469 e. The molecule has 10 nitrogen and oxygen atoms in total. The van der Waals surface area contributed by atoms with E-state index in [2.05, 4.69) is 9.51 Å². The zero-order valence-electron chi connectivity index (χ0n) is 11.1. The Balaban J connectivity index is 2.13. The number of nitrogens with zero attached hydrogens (tertiary/aromatic N) is 2. The molecule has 11 heteroatoms. The molecule has 118 valence electrons. The molecule has 1 fully saturated rings. The Hall–Kier alpha value is -1.29. The minimum Gasteiger partial charge on any atom is -0.388 e. The number of aromatic nitrogens is 2. The molecule has 1 aliphatic rings. The predicted molar refractivity (Wildman–Crippen MR) is 70.2 cm³/mol. The summed E-state index contributed by atoms with van der Waals surface area (Å²) in [5.41, 5.74) is 5.37. The van der Waals surface area contributed by atoms with Gasteiger partial charge in [-0.05, 0) is 6.92 Å². The van der Waals surface area contributed by atoms with Gasteiger partial charge in [0.05, 0.1) is 12.7 Å². The molecule has 0 unspecified atom stereocenters. The van der Waals surface area contributed by atoms with Crippen LogP contribution in [0.15, 0.2) is 11.0 Å². The monoisotopic (exact) mass is 321 g/mol. The van der Waals surface area contributed by atoms with Crippen LogP contribution in [-0.2, 0) is 13.8 Å². The van der Waals surface area contributed by atoms with E-state index in [0.717, 1.165) is 4.57 Å². The van der Waals surface area contributed by atoms with Crippen molar-refractivity contribution < 1.29 is 28.7 Å². The van der Waals surface area contributed by atoms with E-state index in [9.17, 15) is 14.5 Å². The minimum atomic E-state index is -4.61. The molecule has 0 aromatic carbocycles. The molecule has 0 bridgehead atoms. The smallest absolute Gasteiger partial charge is 0.388 e. The molecular formula is C10H16N3O7P. The third kappa shape index (κ3) is 3.88. The van der Waals surface area contributed by atoms with E-state index >= 15 is 0 Å². The summed E-state index contributed by atoms with van der Waals surface area (Å²) in [5.74, 6) is 0.0881. The molecule has 2 heterocycles. The standard InChI is InChI=1S/C10H16N3O7P/c1-5-3-13(10(15)12-8(5)11)9-7(14)2-6(20-9)4-19-21(16,17)18/h3,6-7,9,14H,2,4H2,1H3,(H2,11,12,15)(H2,16,17,18)/t6-,7+,9+/m0/s1. The van der Waals surface area contributed by atoms with E-state index in [1.54, 1.807) is 6.92 Å². The number of aliphatic hydroxyl groups is 1. The van der Waals surface area contributed by atoms with Gasteiger partial charge in [-0.25, -0.2) is 9.36 Å². The summed E-state index contributed by atoms with van der Waals surface area (Å²) in [7, 11) is -4.61. The first-order chi connectivity index (χ1) is 9.67. The first-order valence-electron chi connectivity index (χ1n) is 6.06. The maximum absolute atomic E-state index is 11.8. The quantitative estimate of drug-likeness (QED) is 0.505. The topological polar surface area (TPSA) is 157 Å². The average molecular weight is 321 g/mol. The summed E-state index contributed by atoms with van der Waals surface area (Å²) >= 11 is 0. The fourth-order valence-electron chi connectivity index (χ4n) is 2.03. The molecule has 0 amide bonds. The van der Waals surface area contributed by atoms with E-state index in [1.807, 2.05) is 0 Å². The van der Waals surface area contributed by atoms with Crippen molar-refractivity contribution in [1.29, 1.82) is 0 Å². The van der Waals surface area contributed by atoms with Crippen molar-refractivity contribution in [1.82, 2.24) is 9.55 Å². The van der Waals surface area contributed by atoms with Crippen LogP contribution in [0, 0.1) is 6.92 Å². The summed E-state index contributed by atoms with van der Waals surface area (Å²) in [6.07, 6.45) is -1.30. The molecule has 0 saturated carbocycles. The van der Waals surface area contributed by atoms with Gasteiger partial charge >= 0.3 is 13.5 Å². The summed E-state index contributed by atoms with van der Waals surface area (Å²) < 4.78 is 21.4. The Labute approximate surface area is 119 Å². The third-order valence-electron chi connectivity index (χ3n) is 3.04. The van der Waals surface area contributed by atoms with Gasteiger partial charge in [0.1, 0.15) is 11.9 Å². The number of hydrogen-bond acceptors (Lipinski definition) is 7.